The molecule has 6 heteroatoms. The van der Waals surface area contributed by atoms with Crippen LogP contribution in [0, 0.1) is 6.92 Å². The number of nitrogens with zero attached hydrogens (tertiary/aromatic N) is 1. The number of aromatic nitrogens is 1. The number of aromatic carboxylic acids is 1. The van der Waals surface area contributed by atoms with E-state index in [0.717, 1.165) is 18.4 Å². The van der Waals surface area contributed by atoms with Crippen molar-refractivity contribution in [2.24, 2.45) is 0 Å². The Morgan fingerprint density at radius 1 is 1.20 bits per heavy atom. The number of hydrogen-bond donors (Lipinski definition) is 2. The van der Waals surface area contributed by atoms with E-state index in [1.807, 2.05) is 31.2 Å². The van der Waals surface area contributed by atoms with Gasteiger partial charge in [-0.15, -0.1) is 0 Å². The largest absolute Gasteiger partial charge is 0.477 e. The highest BCUT2D eigenvalue weighted by Crippen LogP contribution is 2.28. The lowest BCUT2D eigenvalue weighted by Gasteiger charge is -2.32. The number of nitrogens with one attached hydrogen (secondary N) is 1. The van der Waals surface area contributed by atoms with E-state index in [4.69, 9.17) is 9.84 Å². The summed E-state index contributed by atoms with van der Waals surface area (Å²) in [5.41, 5.74) is 2.45. The van der Waals surface area contributed by atoms with Gasteiger partial charge in [-0.05, 0) is 37.5 Å². The molecule has 2 atom stereocenters. The molecule has 1 amide bonds. The van der Waals surface area contributed by atoms with E-state index < -0.39 is 5.97 Å². The van der Waals surface area contributed by atoms with Gasteiger partial charge in [0.15, 0.2) is 0 Å². The number of aryl methyl sites for hydroxylation is 1. The van der Waals surface area contributed by atoms with Crippen LogP contribution in [0.15, 0.2) is 42.6 Å². The van der Waals surface area contributed by atoms with E-state index in [-0.39, 0.29) is 23.7 Å². The Bertz CT molecular complexity index is 756. The Labute approximate surface area is 145 Å². The molecule has 6 nitrogen and oxygen atoms in total. The monoisotopic (exact) mass is 340 g/mol. The predicted octanol–water partition coefficient (Wildman–Crippen LogP) is 2.74. The minimum atomic E-state index is -1.12. The second kappa shape index (κ2) is 7.44. The number of ether oxygens (including phenoxy) is 1. The third-order valence-electron chi connectivity index (χ3n) is 4.29. The van der Waals surface area contributed by atoms with Gasteiger partial charge in [-0.25, -0.2) is 9.78 Å². The first-order valence-corrected chi connectivity index (χ1v) is 8.23. The lowest BCUT2D eigenvalue weighted by Crippen LogP contribution is -2.42. The number of benzene rings is 1. The lowest BCUT2D eigenvalue weighted by atomic mass is 9.95. The van der Waals surface area contributed by atoms with Crippen molar-refractivity contribution in [3.05, 3.63) is 65.0 Å². The highest BCUT2D eigenvalue weighted by Gasteiger charge is 2.29. The van der Waals surface area contributed by atoms with Crippen LogP contribution in [0.5, 0.6) is 0 Å². The molecule has 1 aliphatic rings. The van der Waals surface area contributed by atoms with Crippen LogP contribution in [-0.4, -0.2) is 34.6 Å². The standard InChI is InChI=1S/C19H20N2O4/c1-12-4-6-13(7-5-12)17-15(3-2-10-25-17)21-18(22)14-8-9-16(19(23)24)20-11-14/h4-9,11,15,17H,2-3,10H2,1H3,(H,21,22)(H,23,24). The molecular weight excluding hydrogens is 320 g/mol. The normalized spacial score (nSPS) is 20.0. The molecule has 0 spiro atoms. The van der Waals surface area contributed by atoms with Crippen molar-refractivity contribution in [1.82, 2.24) is 10.3 Å². The molecule has 0 bridgehead atoms. The van der Waals surface area contributed by atoms with E-state index in [9.17, 15) is 9.59 Å². The molecule has 1 aliphatic heterocycles. The first-order valence-electron chi connectivity index (χ1n) is 8.23. The van der Waals surface area contributed by atoms with Gasteiger partial charge in [-0.1, -0.05) is 29.8 Å². The number of pyridine rings is 1. The van der Waals surface area contributed by atoms with E-state index in [1.165, 1.54) is 23.9 Å². The molecule has 3 rings (SSSR count). The minimum Gasteiger partial charge on any atom is -0.477 e. The molecule has 2 heterocycles. The molecule has 1 aromatic heterocycles. The second-order valence-electron chi connectivity index (χ2n) is 6.16. The van der Waals surface area contributed by atoms with Crippen molar-refractivity contribution in [2.45, 2.75) is 31.9 Å². The summed E-state index contributed by atoms with van der Waals surface area (Å²) in [6.07, 6.45) is 2.79. The molecule has 2 aromatic rings. The molecule has 1 aromatic carbocycles. The van der Waals surface area contributed by atoms with Gasteiger partial charge in [0, 0.05) is 12.8 Å². The fourth-order valence-electron chi connectivity index (χ4n) is 2.92. The third kappa shape index (κ3) is 4.03. The van der Waals surface area contributed by atoms with Crippen LogP contribution in [-0.2, 0) is 4.74 Å². The van der Waals surface area contributed by atoms with Gasteiger partial charge >= 0.3 is 5.97 Å². The van der Waals surface area contributed by atoms with Crippen LogP contribution in [0.2, 0.25) is 0 Å². The van der Waals surface area contributed by atoms with E-state index in [2.05, 4.69) is 10.3 Å². The molecule has 1 saturated heterocycles. The number of amides is 1. The highest BCUT2D eigenvalue weighted by atomic mass is 16.5. The molecule has 2 N–H and O–H groups in total. The van der Waals surface area contributed by atoms with Crippen LogP contribution in [0.3, 0.4) is 0 Å². The Balaban J connectivity index is 1.73. The Morgan fingerprint density at radius 3 is 2.60 bits per heavy atom. The lowest BCUT2D eigenvalue weighted by molar-refractivity contribution is -0.00946. The van der Waals surface area contributed by atoms with Gasteiger partial charge in [0.2, 0.25) is 0 Å². The maximum Gasteiger partial charge on any atom is 0.354 e. The summed E-state index contributed by atoms with van der Waals surface area (Å²) in [7, 11) is 0. The van der Waals surface area contributed by atoms with Gasteiger partial charge in [0.05, 0.1) is 11.6 Å². The van der Waals surface area contributed by atoms with Crippen LogP contribution in [0.4, 0.5) is 0 Å². The summed E-state index contributed by atoms with van der Waals surface area (Å²) < 4.78 is 5.90. The molecule has 0 aliphatic carbocycles. The minimum absolute atomic E-state index is 0.0879. The number of carboxylic acids is 1. The fraction of sp³-hybridized carbons (Fsp3) is 0.316. The van der Waals surface area contributed by atoms with Crippen molar-refractivity contribution in [3.8, 4) is 0 Å². The number of carbonyl (C=O) groups excluding carboxylic acids is 1. The summed E-state index contributed by atoms with van der Waals surface area (Å²) in [4.78, 5) is 27.1. The van der Waals surface area contributed by atoms with Crippen LogP contribution < -0.4 is 5.32 Å². The molecular formula is C19H20N2O4. The number of carboxylic acid groups (broad SMARTS) is 1. The topological polar surface area (TPSA) is 88.5 Å². The van der Waals surface area contributed by atoms with Crippen molar-refractivity contribution in [3.63, 3.8) is 0 Å². The Kier molecular flexibility index (Phi) is 5.09. The number of rotatable bonds is 4. The zero-order chi connectivity index (χ0) is 17.8. The summed E-state index contributed by atoms with van der Waals surface area (Å²) in [6.45, 7) is 2.69. The molecule has 2 unspecified atom stereocenters. The SMILES string of the molecule is Cc1ccc(C2OCCCC2NC(=O)c2ccc(C(=O)O)nc2)cc1. The second-order valence-corrected chi connectivity index (χ2v) is 6.16. The van der Waals surface area contributed by atoms with Crippen LogP contribution in [0.25, 0.3) is 0 Å². The molecule has 25 heavy (non-hydrogen) atoms. The maximum atomic E-state index is 12.5. The van der Waals surface area contributed by atoms with Crippen LogP contribution >= 0.6 is 0 Å². The van der Waals surface area contributed by atoms with Crippen LogP contribution in [0.1, 0.15) is 50.9 Å². The average molecular weight is 340 g/mol. The van der Waals surface area contributed by atoms with Crippen molar-refractivity contribution < 1.29 is 19.4 Å². The number of carbonyl (C=O) groups is 2. The van der Waals surface area contributed by atoms with E-state index in [1.54, 1.807) is 0 Å². The maximum absolute atomic E-state index is 12.5. The zero-order valence-electron chi connectivity index (χ0n) is 13.9. The first-order chi connectivity index (χ1) is 12.0. The average Bonchev–Trinajstić information content (AvgIpc) is 2.63. The summed E-state index contributed by atoms with van der Waals surface area (Å²) >= 11 is 0. The van der Waals surface area contributed by atoms with Gasteiger partial charge < -0.3 is 15.2 Å². The molecule has 130 valence electrons. The van der Waals surface area contributed by atoms with E-state index in [0.29, 0.717) is 12.2 Å². The first kappa shape index (κ1) is 17.1. The van der Waals surface area contributed by atoms with Crippen molar-refractivity contribution in [1.29, 1.82) is 0 Å². The summed E-state index contributed by atoms with van der Waals surface area (Å²) in [5.74, 6) is -1.40. The summed E-state index contributed by atoms with van der Waals surface area (Å²) in [6, 6.07) is 10.8. The Hall–Kier alpha value is -2.73. The zero-order valence-corrected chi connectivity index (χ0v) is 13.9. The highest BCUT2D eigenvalue weighted by molar-refractivity contribution is 5.95. The molecule has 0 saturated carbocycles. The Morgan fingerprint density at radius 2 is 1.96 bits per heavy atom. The van der Waals surface area contributed by atoms with Gasteiger partial charge in [0.1, 0.15) is 11.8 Å². The fourth-order valence-corrected chi connectivity index (χ4v) is 2.92. The molecule has 0 radical (unpaired) electrons. The quantitative estimate of drug-likeness (QED) is 0.893. The predicted molar refractivity (Wildman–Crippen MR) is 91.6 cm³/mol. The van der Waals surface area contributed by atoms with Crippen molar-refractivity contribution >= 4 is 11.9 Å². The van der Waals surface area contributed by atoms with Gasteiger partial charge in [-0.2, -0.15) is 0 Å². The van der Waals surface area contributed by atoms with E-state index >= 15 is 0 Å². The third-order valence-corrected chi connectivity index (χ3v) is 4.29. The summed E-state index contributed by atoms with van der Waals surface area (Å²) in [5, 5.41) is 11.9. The smallest absolute Gasteiger partial charge is 0.354 e. The van der Waals surface area contributed by atoms with Gasteiger partial charge in [-0.3, -0.25) is 4.79 Å². The van der Waals surface area contributed by atoms with Gasteiger partial charge in [0.25, 0.3) is 5.91 Å². The molecule has 1 fully saturated rings. The number of hydrogen-bond acceptors (Lipinski definition) is 4. The van der Waals surface area contributed by atoms with Crippen molar-refractivity contribution in [2.75, 3.05) is 6.61 Å².